The first kappa shape index (κ1) is 9.84. The number of aromatic nitrogens is 2. The van der Waals surface area contributed by atoms with Gasteiger partial charge in [-0.2, -0.15) is 0 Å². The van der Waals surface area contributed by atoms with Gasteiger partial charge in [0.15, 0.2) is 0 Å². The van der Waals surface area contributed by atoms with Crippen molar-refractivity contribution in [2.45, 2.75) is 43.9 Å². The Morgan fingerprint density at radius 3 is 2.56 bits per heavy atom. The fourth-order valence-electron chi connectivity index (χ4n) is 2.97. The fourth-order valence-corrected chi connectivity index (χ4v) is 2.97. The molecule has 2 unspecified atom stereocenters. The molecule has 3 rings (SSSR count). The molecule has 1 aromatic heterocycles. The van der Waals surface area contributed by atoms with Gasteiger partial charge in [0, 0.05) is 24.5 Å². The van der Waals surface area contributed by atoms with Gasteiger partial charge in [0.2, 0.25) is 0 Å². The van der Waals surface area contributed by atoms with Crippen molar-refractivity contribution in [2.24, 2.45) is 0 Å². The van der Waals surface area contributed by atoms with Gasteiger partial charge in [-0.25, -0.2) is 9.78 Å². The van der Waals surface area contributed by atoms with E-state index in [9.17, 15) is 9.90 Å². The van der Waals surface area contributed by atoms with Gasteiger partial charge in [0.05, 0.1) is 6.10 Å². The standard InChI is InChI=1S/C11H15N3O2/c15-10-5-8-1-2-9(6-10)14(8)11(16)13-4-3-12-7-13/h3-4,7-10,15H,1-2,5-6H2. The highest BCUT2D eigenvalue weighted by atomic mass is 16.3. The van der Waals surface area contributed by atoms with Crippen LogP contribution < -0.4 is 0 Å². The molecule has 1 aromatic rings. The highest BCUT2D eigenvalue weighted by Gasteiger charge is 2.43. The molecule has 2 fully saturated rings. The summed E-state index contributed by atoms with van der Waals surface area (Å²) >= 11 is 0. The molecule has 0 saturated carbocycles. The molecule has 86 valence electrons. The highest BCUT2D eigenvalue weighted by molar-refractivity contribution is 5.77. The number of aliphatic hydroxyl groups is 1. The van der Waals surface area contributed by atoms with Gasteiger partial charge in [0.1, 0.15) is 6.33 Å². The summed E-state index contributed by atoms with van der Waals surface area (Å²) in [4.78, 5) is 18.0. The molecule has 2 aliphatic heterocycles. The predicted octanol–water partition coefficient (Wildman–Crippen LogP) is 0.839. The summed E-state index contributed by atoms with van der Waals surface area (Å²) in [6.07, 6.45) is 8.06. The first-order valence-electron chi connectivity index (χ1n) is 5.74. The Labute approximate surface area is 93.7 Å². The Morgan fingerprint density at radius 2 is 2.00 bits per heavy atom. The topological polar surface area (TPSA) is 58.4 Å². The van der Waals surface area contributed by atoms with Gasteiger partial charge < -0.3 is 10.0 Å². The number of rotatable bonds is 0. The van der Waals surface area contributed by atoms with Crippen LogP contribution in [0.1, 0.15) is 25.7 Å². The zero-order chi connectivity index (χ0) is 11.1. The smallest absolute Gasteiger partial charge is 0.329 e. The molecule has 16 heavy (non-hydrogen) atoms. The number of carbonyl (C=O) groups excluding carboxylic acids is 1. The average Bonchev–Trinajstić information content (AvgIpc) is 2.85. The number of nitrogens with zero attached hydrogens (tertiary/aromatic N) is 3. The Balaban J connectivity index is 1.84. The van der Waals surface area contributed by atoms with Gasteiger partial charge in [-0.1, -0.05) is 0 Å². The van der Waals surface area contributed by atoms with E-state index in [1.54, 1.807) is 12.4 Å². The van der Waals surface area contributed by atoms with Crippen LogP contribution in [-0.2, 0) is 0 Å². The van der Waals surface area contributed by atoms with E-state index in [1.807, 2.05) is 4.90 Å². The number of fused-ring (bicyclic) bond motifs is 2. The van der Waals surface area contributed by atoms with Crippen LogP contribution in [0, 0.1) is 0 Å². The molecule has 1 N–H and O–H groups in total. The summed E-state index contributed by atoms with van der Waals surface area (Å²) in [5, 5.41) is 9.66. The Kier molecular flexibility index (Phi) is 2.21. The van der Waals surface area contributed by atoms with E-state index in [-0.39, 0.29) is 24.2 Å². The maximum Gasteiger partial charge on any atom is 0.329 e. The minimum Gasteiger partial charge on any atom is -0.393 e. The highest BCUT2D eigenvalue weighted by Crippen LogP contribution is 2.36. The molecule has 0 aromatic carbocycles. The molecule has 5 heteroatoms. The van der Waals surface area contributed by atoms with E-state index in [0.717, 1.165) is 25.7 Å². The summed E-state index contributed by atoms with van der Waals surface area (Å²) < 4.78 is 1.52. The second-order valence-electron chi connectivity index (χ2n) is 4.67. The quantitative estimate of drug-likeness (QED) is 0.706. The first-order valence-corrected chi connectivity index (χ1v) is 5.74. The number of carbonyl (C=O) groups is 1. The lowest BCUT2D eigenvalue weighted by Crippen LogP contribution is -2.49. The molecular formula is C11H15N3O2. The number of hydrogen-bond donors (Lipinski definition) is 1. The third kappa shape index (κ3) is 1.43. The van der Waals surface area contributed by atoms with Gasteiger partial charge in [-0.05, 0) is 25.7 Å². The van der Waals surface area contributed by atoms with Crippen LogP contribution in [0.25, 0.3) is 0 Å². The monoisotopic (exact) mass is 221 g/mol. The number of amides is 1. The lowest BCUT2D eigenvalue weighted by Gasteiger charge is -2.36. The Hall–Kier alpha value is -1.36. The Bertz CT molecular complexity index is 376. The molecule has 2 bridgehead atoms. The summed E-state index contributed by atoms with van der Waals surface area (Å²) in [7, 11) is 0. The predicted molar refractivity (Wildman–Crippen MR) is 56.9 cm³/mol. The summed E-state index contributed by atoms with van der Waals surface area (Å²) in [5.41, 5.74) is 0. The van der Waals surface area contributed by atoms with Crippen LogP contribution in [0.2, 0.25) is 0 Å². The molecule has 2 aliphatic rings. The van der Waals surface area contributed by atoms with Crippen LogP contribution in [0.15, 0.2) is 18.7 Å². The fraction of sp³-hybridized carbons (Fsp3) is 0.636. The van der Waals surface area contributed by atoms with Crippen molar-refractivity contribution in [1.82, 2.24) is 14.5 Å². The van der Waals surface area contributed by atoms with Crippen LogP contribution in [0.3, 0.4) is 0 Å². The van der Waals surface area contributed by atoms with Gasteiger partial charge in [-0.3, -0.25) is 4.57 Å². The zero-order valence-electron chi connectivity index (χ0n) is 8.99. The Morgan fingerprint density at radius 1 is 1.31 bits per heavy atom. The van der Waals surface area contributed by atoms with E-state index >= 15 is 0 Å². The molecule has 2 saturated heterocycles. The van der Waals surface area contributed by atoms with E-state index in [4.69, 9.17) is 0 Å². The number of hydrogen-bond acceptors (Lipinski definition) is 3. The van der Waals surface area contributed by atoms with E-state index in [0.29, 0.717) is 0 Å². The van der Waals surface area contributed by atoms with Crippen molar-refractivity contribution in [3.63, 3.8) is 0 Å². The SMILES string of the molecule is O=C(N1C2CCC1CC(O)C2)n1ccnc1. The second kappa shape index (κ2) is 3.59. The summed E-state index contributed by atoms with van der Waals surface area (Å²) in [5.74, 6) is 0. The molecular weight excluding hydrogens is 206 g/mol. The van der Waals surface area contributed by atoms with Crippen molar-refractivity contribution >= 4 is 6.03 Å². The van der Waals surface area contributed by atoms with E-state index < -0.39 is 0 Å². The number of piperidine rings is 1. The second-order valence-corrected chi connectivity index (χ2v) is 4.67. The molecule has 0 aliphatic carbocycles. The molecule has 0 radical (unpaired) electrons. The normalized spacial score (nSPS) is 33.1. The van der Waals surface area contributed by atoms with Crippen molar-refractivity contribution in [3.8, 4) is 0 Å². The molecule has 0 spiro atoms. The summed E-state index contributed by atoms with van der Waals surface area (Å²) in [6.45, 7) is 0. The van der Waals surface area contributed by atoms with E-state index in [1.165, 1.54) is 10.9 Å². The number of imidazole rings is 1. The van der Waals surface area contributed by atoms with E-state index in [2.05, 4.69) is 4.98 Å². The maximum absolute atomic E-state index is 12.2. The van der Waals surface area contributed by atoms with Crippen molar-refractivity contribution in [1.29, 1.82) is 0 Å². The van der Waals surface area contributed by atoms with Gasteiger partial charge >= 0.3 is 6.03 Å². The van der Waals surface area contributed by atoms with Crippen LogP contribution in [-0.4, -0.2) is 43.8 Å². The maximum atomic E-state index is 12.2. The van der Waals surface area contributed by atoms with Crippen LogP contribution >= 0.6 is 0 Å². The largest absolute Gasteiger partial charge is 0.393 e. The van der Waals surface area contributed by atoms with Crippen LogP contribution in [0.5, 0.6) is 0 Å². The van der Waals surface area contributed by atoms with Crippen molar-refractivity contribution in [2.75, 3.05) is 0 Å². The van der Waals surface area contributed by atoms with Crippen molar-refractivity contribution < 1.29 is 9.90 Å². The average molecular weight is 221 g/mol. The van der Waals surface area contributed by atoms with Crippen molar-refractivity contribution in [3.05, 3.63) is 18.7 Å². The third-order valence-electron chi connectivity index (χ3n) is 3.65. The summed E-state index contributed by atoms with van der Waals surface area (Å²) in [6, 6.07) is 0.421. The zero-order valence-corrected chi connectivity index (χ0v) is 8.99. The lowest BCUT2D eigenvalue weighted by atomic mass is 10.0. The van der Waals surface area contributed by atoms with Crippen LogP contribution in [0.4, 0.5) is 4.79 Å². The molecule has 1 amide bonds. The van der Waals surface area contributed by atoms with Gasteiger partial charge in [-0.15, -0.1) is 0 Å². The van der Waals surface area contributed by atoms with Gasteiger partial charge in [0.25, 0.3) is 0 Å². The molecule has 2 atom stereocenters. The third-order valence-corrected chi connectivity index (χ3v) is 3.65. The number of aliphatic hydroxyl groups excluding tert-OH is 1. The molecule has 5 nitrogen and oxygen atoms in total. The lowest BCUT2D eigenvalue weighted by molar-refractivity contribution is 0.0546. The minimum atomic E-state index is -0.232. The minimum absolute atomic E-state index is 0.00287. The first-order chi connectivity index (χ1) is 7.75. The molecule has 3 heterocycles.